The van der Waals surface area contributed by atoms with Crippen molar-refractivity contribution >= 4 is 23.8 Å². The molecule has 1 heterocycles. The van der Waals surface area contributed by atoms with Crippen LogP contribution in [0.5, 0.6) is 0 Å². The first-order valence-corrected chi connectivity index (χ1v) is 11.2. The van der Waals surface area contributed by atoms with Crippen molar-refractivity contribution in [3.05, 3.63) is 99.3 Å². The van der Waals surface area contributed by atoms with Crippen LogP contribution in [0.15, 0.2) is 78.9 Å². The molecule has 1 unspecified atom stereocenters. The Kier molecular flexibility index (Phi) is 4.31. The Hall–Kier alpha value is -1.82. The van der Waals surface area contributed by atoms with Crippen LogP contribution >= 0.6 is 0 Å². The third-order valence-electron chi connectivity index (χ3n) is 3.91. The van der Waals surface area contributed by atoms with Crippen LogP contribution < -0.4 is 23.7 Å². The van der Waals surface area contributed by atoms with E-state index in [0.717, 1.165) is 30.4 Å². The van der Waals surface area contributed by atoms with Gasteiger partial charge >= 0.3 is 151 Å². The molecule has 0 bridgehead atoms. The molecule has 0 saturated heterocycles. The quantitative estimate of drug-likeness (QED) is 0.505. The minimum absolute atomic E-state index is 0.784. The molecule has 1 aliphatic rings. The standard InChI is InChI=1S/C19H13ClO4Se/c21-20(22,23)24-25-17-12-6-4-10-15(17)19(14-8-2-1-3-9-14)16-11-5-7-13-18(16)25/h1-13H. The summed E-state index contributed by atoms with van der Waals surface area (Å²) in [5, 5.41) is 0.913. The SMILES string of the molecule is [O-][Cl+3]([O-])([O-])O[Se]1=c2ccccc2=C(c2ccccc2)c2ccccc21. The van der Waals surface area contributed by atoms with Gasteiger partial charge in [-0.1, -0.05) is 0 Å². The number of halogens is 1. The van der Waals surface area contributed by atoms with E-state index in [1.165, 1.54) is 0 Å². The van der Waals surface area contributed by atoms with Crippen molar-refractivity contribution < 1.29 is 27.6 Å². The molecule has 0 radical (unpaired) electrons. The van der Waals surface area contributed by atoms with Gasteiger partial charge in [0.25, 0.3) is 0 Å². The molecule has 3 aromatic carbocycles. The molecule has 0 amide bonds. The van der Waals surface area contributed by atoms with Crippen LogP contribution in [0.4, 0.5) is 0 Å². The summed E-state index contributed by atoms with van der Waals surface area (Å²) in [6.45, 7) is 0. The molecule has 0 aromatic heterocycles. The summed E-state index contributed by atoms with van der Waals surface area (Å²) < 4.78 is 40.5. The van der Waals surface area contributed by atoms with Gasteiger partial charge in [0.2, 0.25) is 0 Å². The van der Waals surface area contributed by atoms with E-state index in [4.69, 9.17) is 3.37 Å². The summed E-state index contributed by atoms with van der Waals surface area (Å²) in [5.74, 6) is 0. The molecule has 25 heavy (non-hydrogen) atoms. The van der Waals surface area contributed by atoms with E-state index in [9.17, 15) is 14.0 Å². The predicted octanol–water partition coefficient (Wildman–Crippen LogP) is -1.11. The van der Waals surface area contributed by atoms with Crippen LogP contribution in [0.3, 0.4) is 0 Å². The van der Waals surface area contributed by atoms with Gasteiger partial charge in [-0.3, -0.25) is 0 Å². The van der Waals surface area contributed by atoms with Gasteiger partial charge in [-0.2, -0.15) is 0 Å². The van der Waals surface area contributed by atoms with Crippen molar-refractivity contribution in [3.63, 3.8) is 0 Å². The Morgan fingerprint density at radius 2 is 1.36 bits per heavy atom. The fourth-order valence-electron chi connectivity index (χ4n) is 2.99. The van der Waals surface area contributed by atoms with Crippen molar-refractivity contribution in [2.24, 2.45) is 0 Å². The fraction of sp³-hybridized carbons (Fsp3) is 0. The Morgan fingerprint density at radius 3 is 2.12 bits per heavy atom. The van der Waals surface area contributed by atoms with E-state index in [0.29, 0.717) is 0 Å². The maximum absolute atomic E-state index is 11.3. The normalized spacial score (nSPS) is 16.3. The summed E-state index contributed by atoms with van der Waals surface area (Å²) in [6, 6.07) is 25.0. The van der Waals surface area contributed by atoms with Gasteiger partial charge in [0.1, 0.15) is 0 Å². The Bertz CT molecular complexity index is 1060. The van der Waals surface area contributed by atoms with Crippen LogP contribution in [0, 0.1) is 14.3 Å². The van der Waals surface area contributed by atoms with Gasteiger partial charge in [0, 0.05) is 0 Å². The molecule has 0 fully saturated rings. The zero-order valence-electron chi connectivity index (χ0n) is 12.9. The summed E-state index contributed by atoms with van der Waals surface area (Å²) >= 11 is -2.47. The van der Waals surface area contributed by atoms with Crippen molar-refractivity contribution in [3.8, 4) is 0 Å². The van der Waals surface area contributed by atoms with E-state index < -0.39 is 24.0 Å². The fourth-order valence-corrected chi connectivity index (χ4v) is 8.01. The number of rotatable bonds is 3. The molecule has 0 aliphatic carbocycles. The summed E-state index contributed by atoms with van der Waals surface area (Å²) in [4.78, 5) is 0. The molecule has 0 N–H and O–H groups in total. The third kappa shape index (κ3) is 3.19. The molecular weight excluding hydrogens is 407 g/mol. The van der Waals surface area contributed by atoms with Crippen molar-refractivity contribution in [2.75, 3.05) is 0 Å². The maximum atomic E-state index is 11.3. The molecule has 3 aromatic rings. The first kappa shape index (κ1) is 16.6. The van der Waals surface area contributed by atoms with Crippen LogP contribution in [0.25, 0.3) is 5.57 Å². The molecule has 6 heteroatoms. The van der Waals surface area contributed by atoms with E-state index in [-0.39, 0.29) is 0 Å². The first-order chi connectivity index (χ1) is 12.0. The average molecular weight is 420 g/mol. The zero-order chi connectivity index (χ0) is 17.4. The molecule has 4 nitrogen and oxygen atoms in total. The second-order valence-corrected chi connectivity index (χ2v) is 10.1. The molecule has 4 rings (SSSR count). The van der Waals surface area contributed by atoms with E-state index in [2.05, 4.69) is 0 Å². The van der Waals surface area contributed by atoms with E-state index >= 15 is 0 Å². The summed E-state index contributed by atoms with van der Waals surface area (Å²) in [5.41, 5.74) is 2.97. The predicted molar refractivity (Wildman–Crippen MR) is 85.9 cm³/mol. The van der Waals surface area contributed by atoms with Gasteiger partial charge in [-0.15, -0.1) is 0 Å². The second-order valence-electron chi connectivity index (χ2n) is 5.44. The molecule has 1 aliphatic heterocycles. The van der Waals surface area contributed by atoms with Gasteiger partial charge in [0.15, 0.2) is 0 Å². The third-order valence-corrected chi connectivity index (χ3v) is 9.13. The summed E-state index contributed by atoms with van der Waals surface area (Å²) in [7, 11) is -4.50. The van der Waals surface area contributed by atoms with Crippen molar-refractivity contribution in [2.45, 2.75) is 0 Å². The van der Waals surface area contributed by atoms with Gasteiger partial charge in [0.05, 0.1) is 0 Å². The first-order valence-electron chi connectivity index (χ1n) is 7.51. The molecular formula is C19H13ClO4Se. The molecule has 0 saturated carbocycles. The van der Waals surface area contributed by atoms with Gasteiger partial charge in [-0.25, -0.2) is 0 Å². The Morgan fingerprint density at radius 1 is 0.720 bits per heavy atom. The molecule has 126 valence electrons. The van der Waals surface area contributed by atoms with Gasteiger partial charge in [-0.05, 0) is 0 Å². The topological polar surface area (TPSA) is 78.4 Å². The average Bonchev–Trinajstić information content (AvgIpc) is 2.61. The number of hydrogen-bond donors (Lipinski definition) is 0. The van der Waals surface area contributed by atoms with E-state index in [1.54, 1.807) is 0 Å². The van der Waals surface area contributed by atoms with Crippen LogP contribution in [-0.2, 0) is 3.37 Å². The van der Waals surface area contributed by atoms with Crippen LogP contribution in [0.2, 0.25) is 0 Å². The minimum atomic E-state index is -4.50. The van der Waals surface area contributed by atoms with Gasteiger partial charge < -0.3 is 0 Å². The molecule has 0 spiro atoms. The monoisotopic (exact) mass is 420 g/mol. The van der Waals surface area contributed by atoms with Crippen molar-refractivity contribution in [1.29, 1.82) is 0 Å². The molecule has 1 atom stereocenters. The second kappa shape index (κ2) is 6.48. The summed E-state index contributed by atoms with van der Waals surface area (Å²) in [6.07, 6.45) is 0. The number of benzene rings is 3. The zero-order valence-corrected chi connectivity index (χ0v) is 15.4. The van der Waals surface area contributed by atoms with Crippen molar-refractivity contribution in [1.82, 2.24) is 0 Å². The Balaban J connectivity index is 2.16. The number of hydrogen-bond acceptors (Lipinski definition) is 4. The van der Waals surface area contributed by atoms with Crippen LogP contribution in [-0.4, -0.2) is 13.8 Å². The van der Waals surface area contributed by atoms with E-state index in [1.807, 2.05) is 78.9 Å². The number of fused-ring (bicyclic) bond motifs is 2. The Labute approximate surface area is 150 Å². The van der Waals surface area contributed by atoms with Crippen LogP contribution in [0.1, 0.15) is 11.1 Å².